The monoisotopic (exact) mass is 535 g/mol. The van der Waals surface area contributed by atoms with Crippen molar-refractivity contribution in [1.29, 1.82) is 0 Å². The molecule has 0 saturated carbocycles. The van der Waals surface area contributed by atoms with Gasteiger partial charge < -0.3 is 10.6 Å². The Morgan fingerprint density at radius 2 is 2.08 bits per heavy atom. The van der Waals surface area contributed by atoms with E-state index in [0.717, 1.165) is 12.0 Å². The van der Waals surface area contributed by atoms with Gasteiger partial charge in [0, 0.05) is 25.9 Å². The second kappa shape index (κ2) is 11.2. The maximum Gasteiger partial charge on any atom is 0.191 e. The molecule has 2 N–H and O–H groups in total. The van der Waals surface area contributed by atoms with E-state index in [1.54, 1.807) is 19.2 Å². The van der Waals surface area contributed by atoms with Gasteiger partial charge >= 0.3 is 0 Å². The molecule has 1 rings (SSSR count). The number of guanidine groups is 1. The topological polar surface area (TPSA) is 70.6 Å². The van der Waals surface area contributed by atoms with Crippen LogP contribution in [-0.2, 0) is 16.3 Å². The van der Waals surface area contributed by atoms with Crippen molar-refractivity contribution in [1.82, 2.24) is 10.6 Å². The van der Waals surface area contributed by atoms with Crippen LogP contribution >= 0.6 is 39.9 Å². The fraction of sp³-hybridized carbons (Fsp3) is 0.533. The van der Waals surface area contributed by atoms with Crippen molar-refractivity contribution in [3.05, 3.63) is 34.1 Å². The number of benzene rings is 1. The number of hydrogen-bond acceptors (Lipinski definition) is 3. The van der Waals surface area contributed by atoms with Gasteiger partial charge in [0.05, 0.1) is 10.2 Å². The Labute approximate surface area is 169 Å². The van der Waals surface area contributed by atoms with E-state index >= 15 is 0 Å². The summed E-state index contributed by atoms with van der Waals surface area (Å²) in [6, 6.07) is 4.92. The predicted octanol–water partition coefficient (Wildman–Crippen LogP) is 2.74. The molecule has 0 aliphatic heterocycles. The second-order valence-corrected chi connectivity index (χ2v) is 8.58. The summed E-state index contributed by atoms with van der Waals surface area (Å²) in [5, 5.41) is 6.31. The van der Waals surface area contributed by atoms with Gasteiger partial charge in [0.2, 0.25) is 0 Å². The molecule has 0 fully saturated rings. The lowest BCUT2D eigenvalue weighted by atomic mass is 10.1. The first-order valence-corrected chi connectivity index (χ1v) is 10.2. The summed E-state index contributed by atoms with van der Waals surface area (Å²) in [7, 11) is -1.30. The van der Waals surface area contributed by atoms with Crippen molar-refractivity contribution in [3.63, 3.8) is 0 Å². The maximum absolute atomic E-state index is 13.2. The lowest BCUT2D eigenvalue weighted by Gasteiger charge is -2.17. The highest BCUT2D eigenvalue weighted by Gasteiger charge is 2.09. The summed E-state index contributed by atoms with van der Waals surface area (Å²) in [4.78, 5) is 4.11. The molecule has 24 heavy (non-hydrogen) atoms. The van der Waals surface area contributed by atoms with E-state index < -0.39 is 9.84 Å². The zero-order valence-electron chi connectivity index (χ0n) is 14.0. The number of nitrogens with zero attached hydrogens (tertiary/aromatic N) is 1. The molecule has 0 aromatic heterocycles. The van der Waals surface area contributed by atoms with Crippen LogP contribution in [0.2, 0.25) is 0 Å². The molecule has 0 heterocycles. The zero-order valence-corrected chi connectivity index (χ0v) is 18.7. The van der Waals surface area contributed by atoms with Gasteiger partial charge in [-0.1, -0.05) is 6.07 Å². The van der Waals surface area contributed by atoms with E-state index in [-0.39, 0.29) is 41.6 Å². The summed E-state index contributed by atoms with van der Waals surface area (Å²) < 4.78 is 36.0. The highest BCUT2D eigenvalue weighted by Crippen LogP contribution is 2.16. The largest absolute Gasteiger partial charge is 0.356 e. The number of rotatable bonds is 7. The highest BCUT2D eigenvalue weighted by atomic mass is 127. The molecule has 1 atom stereocenters. The van der Waals surface area contributed by atoms with E-state index in [2.05, 4.69) is 31.6 Å². The summed E-state index contributed by atoms with van der Waals surface area (Å²) >= 11 is 3.17. The summed E-state index contributed by atoms with van der Waals surface area (Å²) in [6.45, 7) is 2.55. The molecule has 0 radical (unpaired) electrons. The molecule has 0 saturated heterocycles. The van der Waals surface area contributed by atoms with Crippen LogP contribution in [0.15, 0.2) is 27.7 Å². The molecule has 0 amide bonds. The van der Waals surface area contributed by atoms with Crippen molar-refractivity contribution in [3.8, 4) is 0 Å². The van der Waals surface area contributed by atoms with Crippen LogP contribution in [0.3, 0.4) is 0 Å². The molecule has 1 aromatic rings. The van der Waals surface area contributed by atoms with Crippen molar-refractivity contribution in [2.45, 2.75) is 25.8 Å². The average molecular weight is 536 g/mol. The predicted molar refractivity (Wildman–Crippen MR) is 112 cm³/mol. The minimum absolute atomic E-state index is 0. The molecule has 0 aliphatic carbocycles. The Balaban J connectivity index is 0.00000529. The Kier molecular flexibility index (Phi) is 11.0. The standard InChI is InChI=1S/C15H23BrFN3O2S.HI/c1-11(7-9-23(3,21)22)20-15(18-2)19-8-6-12-4-5-14(17)13(16)10-12;/h4-5,10-11H,6-9H2,1-3H3,(H2,18,19,20);1H. The van der Waals surface area contributed by atoms with Crippen molar-refractivity contribution >= 4 is 55.7 Å². The molecule has 0 aliphatic rings. The van der Waals surface area contributed by atoms with Crippen LogP contribution < -0.4 is 10.6 Å². The van der Waals surface area contributed by atoms with Crippen LogP contribution in [0.5, 0.6) is 0 Å². The normalized spacial score (nSPS) is 13.1. The van der Waals surface area contributed by atoms with Crippen LogP contribution in [0.4, 0.5) is 4.39 Å². The number of aliphatic imine (C=N–C) groups is 1. The molecule has 0 spiro atoms. The highest BCUT2D eigenvalue weighted by molar-refractivity contribution is 14.0. The first-order valence-electron chi connectivity index (χ1n) is 7.30. The Morgan fingerprint density at radius 3 is 2.62 bits per heavy atom. The minimum Gasteiger partial charge on any atom is -0.356 e. The average Bonchev–Trinajstić information content (AvgIpc) is 2.47. The van der Waals surface area contributed by atoms with Crippen LogP contribution in [0, 0.1) is 5.82 Å². The van der Waals surface area contributed by atoms with Gasteiger partial charge in [0.1, 0.15) is 15.7 Å². The van der Waals surface area contributed by atoms with Crippen LogP contribution in [0.1, 0.15) is 18.9 Å². The van der Waals surface area contributed by atoms with E-state index in [4.69, 9.17) is 0 Å². The number of halogens is 3. The summed E-state index contributed by atoms with van der Waals surface area (Å²) in [5.74, 6) is 0.480. The van der Waals surface area contributed by atoms with Gasteiger partial charge in [-0.05, 0) is 53.4 Å². The Morgan fingerprint density at radius 1 is 1.42 bits per heavy atom. The summed E-state index contributed by atoms with van der Waals surface area (Å²) in [5.41, 5.74) is 1.01. The lowest BCUT2D eigenvalue weighted by Crippen LogP contribution is -2.43. The van der Waals surface area contributed by atoms with Crippen molar-refractivity contribution in [2.75, 3.05) is 25.6 Å². The Bertz CT molecular complexity index is 656. The number of hydrogen-bond donors (Lipinski definition) is 2. The van der Waals surface area contributed by atoms with Crippen LogP contribution in [0.25, 0.3) is 0 Å². The van der Waals surface area contributed by atoms with E-state index in [9.17, 15) is 12.8 Å². The first-order chi connectivity index (χ1) is 10.7. The zero-order chi connectivity index (χ0) is 17.5. The third-order valence-electron chi connectivity index (χ3n) is 3.22. The SMILES string of the molecule is CN=C(NCCc1ccc(F)c(Br)c1)NC(C)CCS(C)(=O)=O.I. The fourth-order valence-corrected chi connectivity index (χ4v) is 3.12. The molecule has 0 bridgehead atoms. The van der Waals surface area contributed by atoms with E-state index in [1.165, 1.54) is 12.3 Å². The van der Waals surface area contributed by atoms with Gasteiger partial charge in [-0.2, -0.15) is 0 Å². The molecule has 1 aromatic carbocycles. The third kappa shape index (κ3) is 9.77. The smallest absolute Gasteiger partial charge is 0.191 e. The Hall–Kier alpha value is -0.420. The quantitative estimate of drug-likeness (QED) is 0.320. The molecule has 1 unspecified atom stereocenters. The fourth-order valence-electron chi connectivity index (χ4n) is 1.91. The molecule has 9 heteroatoms. The van der Waals surface area contributed by atoms with Crippen LogP contribution in [-0.4, -0.2) is 46.0 Å². The molecule has 5 nitrogen and oxygen atoms in total. The molecular weight excluding hydrogens is 512 g/mol. The van der Waals surface area contributed by atoms with Crippen molar-refractivity contribution < 1.29 is 12.8 Å². The number of nitrogens with one attached hydrogen (secondary N) is 2. The first kappa shape index (κ1) is 23.6. The molecule has 138 valence electrons. The van der Waals surface area contributed by atoms with Gasteiger partial charge in [-0.15, -0.1) is 24.0 Å². The van der Waals surface area contributed by atoms with Gasteiger partial charge in [-0.3, -0.25) is 4.99 Å². The lowest BCUT2D eigenvalue weighted by molar-refractivity contribution is 0.581. The van der Waals surface area contributed by atoms with Gasteiger partial charge in [-0.25, -0.2) is 12.8 Å². The minimum atomic E-state index is -2.96. The number of sulfone groups is 1. The molecular formula is C15H24BrFIN3O2S. The van der Waals surface area contributed by atoms with Gasteiger partial charge in [0.25, 0.3) is 0 Å². The second-order valence-electron chi connectivity index (χ2n) is 5.46. The van der Waals surface area contributed by atoms with E-state index in [1.807, 2.05) is 6.92 Å². The third-order valence-corrected chi connectivity index (χ3v) is 4.80. The van der Waals surface area contributed by atoms with E-state index in [0.29, 0.717) is 23.4 Å². The van der Waals surface area contributed by atoms with Gasteiger partial charge in [0.15, 0.2) is 5.96 Å². The maximum atomic E-state index is 13.2. The summed E-state index contributed by atoms with van der Waals surface area (Å²) in [6.07, 6.45) is 2.47. The van der Waals surface area contributed by atoms with Crippen molar-refractivity contribution in [2.24, 2.45) is 4.99 Å².